The van der Waals surface area contributed by atoms with Gasteiger partial charge in [0.05, 0.1) is 22.5 Å². The Hall–Kier alpha value is -0.630. The number of carbonyl (C=O) groups excluding carboxylic acids is 3. The Kier molecular flexibility index (Phi) is 6.83. The minimum atomic E-state index is -0.158. The molecule has 6 atom stereocenters. The van der Waals surface area contributed by atoms with Crippen molar-refractivity contribution in [2.75, 3.05) is 11.9 Å². The number of likely N-dealkylation sites (tertiary alicyclic amines) is 1. The highest BCUT2D eigenvalue weighted by Crippen LogP contribution is 2.60. The Balaban J connectivity index is 1.22. The van der Waals surface area contributed by atoms with E-state index in [4.69, 9.17) is 23.2 Å². The van der Waals surface area contributed by atoms with E-state index in [1.165, 1.54) is 4.90 Å². The molecule has 1 aliphatic heterocycles. The van der Waals surface area contributed by atoms with Crippen molar-refractivity contribution < 1.29 is 14.4 Å². The highest BCUT2D eigenvalue weighted by molar-refractivity contribution is 9.12. The molecule has 2 bridgehead atoms. The van der Waals surface area contributed by atoms with Crippen LogP contribution in [0.3, 0.4) is 0 Å². The van der Waals surface area contributed by atoms with E-state index in [1.807, 2.05) is 0 Å². The fraction of sp³-hybridized carbons (Fsp3) is 0.571. The number of fused-ring (bicyclic) bond motifs is 5. The van der Waals surface area contributed by atoms with Crippen LogP contribution < -0.4 is 5.32 Å². The van der Waals surface area contributed by atoms with Crippen molar-refractivity contribution in [2.45, 2.75) is 41.8 Å². The van der Waals surface area contributed by atoms with Crippen molar-refractivity contribution in [2.24, 2.45) is 23.7 Å². The number of hydrogen-bond acceptors (Lipinski definition) is 3. The van der Waals surface area contributed by atoms with Crippen LogP contribution in [-0.4, -0.2) is 38.8 Å². The lowest BCUT2D eigenvalue weighted by molar-refractivity contribution is -0.140. The third-order valence-corrected chi connectivity index (χ3v) is 10.3. The van der Waals surface area contributed by atoms with Crippen LogP contribution in [0.5, 0.6) is 0 Å². The summed E-state index contributed by atoms with van der Waals surface area (Å²) >= 11 is 19.4. The van der Waals surface area contributed by atoms with Gasteiger partial charge in [0.1, 0.15) is 0 Å². The number of alkyl halides is 2. The Bertz CT molecular complexity index is 852. The fourth-order valence-corrected chi connectivity index (χ4v) is 7.38. The van der Waals surface area contributed by atoms with Gasteiger partial charge in [-0.1, -0.05) is 61.5 Å². The quantitative estimate of drug-likeness (QED) is 0.271. The first-order valence-electron chi connectivity index (χ1n) is 10.2. The maximum atomic E-state index is 12.9. The zero-order chi connectivity index (χ0) is 21.6. The lowest BCUT2D eigenvalue weighted by Gasteiger charge is -2.28. The van der Waals surface area contributed by atoms with Gasteiger partial charge in [0.2, 0.25) is 17.7 Å². The van der Waals surface area contributed by atoms with E-state index in [0.29, 0.717) is 41.5 Å². The standard InChI is InChI=1S/C21H22Br2Cl2N2O3/c22-18-11-9-12(19(18)23)17-16(11)20(29)27(21(17)30)7-3-1-2-4-15(28)26-14-8-10(24)5-6-13(14)25/h5-6,8,11-12,16-19H,1-4,7,9H2,(H,26,28)/t11-,12+,16+,17-,18-,19-/m1/s1. The van der Waals surface area contributed by atoms with Gasteiger partial charge in [-0.15, -0.1) is 0 Å². The number of unbranched alkanes of at least 4 members (excludes halogenated alkanes) is 2. The van der Waals surface area contributed by atoms with Gasteiger partial charge in [-0.2, -0.15) is 0 Å². The monoisotopic (exact) mass is 578 g/mol. The number of nitrogens with one attached hydrogen (secondary N) is 1. The average Bonchev–Trinajstić information content (AvgIpc) is 3.30. The van der Waals surface area contributed by atoms with Crippen molar-refractivity contribution >= 4 is 78.5 Å². The molecule has 162 valence electrons. The Morgan fingerprint density at radius 3 is 2.30 bits per heavy atom. The van der Waals surface area contributed by atoms with Gasteiger partial charge in [-0.05, 0) is 49.3 Å². The molecule has 0 unspecified atom stereocenters. The summed E-state index contributed by atoms with van der Waals surface area (Å²) in [5, 5.41) is 3.71. The number of amides is 3. The van der Waals surface area contributed by atoms with Crippen molar-refractivity contribution in [3.63, 3.8) is 0 Å². The number of halogens is 4. The lowest BCUT2D eigenvalue weighted by atomic mass is 9.81. The molecular formula is C21H22Br2Cl2N2O3. The second-order valence-corrected chi connectivity index (χ2v) is 11.3. The van der Waals surface area contributed by atoms with Crippen LogP contribution >= 0.6 is 55.1 Å². The van der Waals surface area contributed by atoms with Crippen LogP contribution in [0.15, 0.2) is 18.2 Å². The highest BCUT2D eigenvalue weighted by Gasteiger charge is 2.66. The van der Waals surface area contributed by atoms with E-state index < -0.39 is 0 Å². The van der Waals surface area contributed by atoms with Crippen LogP contribution in [0, 0.1) is 23.7 Å². The number of rotatable bonds is 7. The predicted molar refractivity (Wildman–Crippen MR) is 124 cm³/mol. The normalized spacial score (nSPS) is 32.1. The van der Waals surface area contributed by atoms with Gasteiger partial charge >= 0.3 is 0 Å². The number of imide groups is 1. The molecule has 3 fully saturated rings. The Morgan fingerprint density at radius 1 is 1.03 bits per heavy atom. The molecule has 30 heavy (non-hydrogen) atoms. The van der Waals surface area contributed by atoms with E-state index >= 15 is 0 Å². The zero-order valence-electron chi connectivity index (χ0n) is 16.1. The molecule has 0 spiro atoms. The first-order chi connectivity index (χ1) is 14.3. The molecule has 1 aromatic rings. The molecule has 1 saturated heterocycles. The molecule has 5 nitrogen and oxygen atoms in total. The highest BCUT2D eigenvalue weighted by atomic mass is 79.9. The maximum absolute atomic E-state index is 12.9. The molecule has 2 saturated carbocycles. The van der Waals surface area contributed by atoms with Crippen LogP contribution in [0.25, 0.3) is 0 Å². The van der Waals surface area contributed by atoms with E-state index in [9.17, 15) is 14.4 Å². The zero-order valence-corrected chi connectivity index (χ0v) is 20.8. The summed E-state index contributed by atoms with van der Waals surface area (Å²) in [4.78, 5) is 39.8. The third kappa shape index (κ3) is 4.07. The van der Waals surface area contributed by atoms with Crippen LogP contribution in [0.1, 0.15) is 32.1 Å². The molecule has 0 aromatic heterocycles. The second kappa shape index (κ2) is 9.08. The lowest BCUT2D eigenvalue weighted by Crippen LogP contribution is -2.37. The molecule has 3 amide bonds. The summed E-state index contributed by atoms with van der Waals surface area (Å²) in [6.45, 7) is 0.436. The summed E-state index contributed by atoms with van der Waals surface area (Å²) in [5.41, 5.74) is 0.499. The Morgan fingerprint density at radius 2 is 1.67 bits per heavy atom. The van der Waals surface area contributed by atoms with Crippen LogP contribution in [0.2, 0.25) is 10.0 Å². The van der Waals surface area contributed by atoms with Gasteiger partial charge in [-0.25, -0.2) is 0 Å². The fourth-order valence-electron chi connectivity index (χ4n) is 5.17. The summed E-state index contributed by atoms with van der Waals surface area (Å²) < 4.78 is 0. The summed E-state index contributed by atoms with van der Waals surface area (Å²) in [5.74, 6) is 0.0261. The van der Waals surface area contributed by atoms with Gasteiger partial charge in [0.25, 0.3) is 0 Å². The Labute approximate surface area is 202 Å². The van der Waals surface area contributed by atoms with E-state index in [1.54, 1.807) is 18.2 Å². The first kappa shape index (κ1) is 22.6. The van der Waals surface area contributed by atoms with Gasteiger partial charge in [-0.3, -0.25) is 19.3 Å². The third-order valence-electron chi connectivity index (χ3n) is 6.57. The van der Waals surface area contributed by atoms with Crippen molar-refractivity contribution in [3.8, 4) is 0 Å². The van der Waals surface area contributed by atoms with Gasteiger partial charge < -0.3 is 5.32 Å². The summed E-state index contributed by atoms with van der Waals surface area (Å²) in [6.07, 6.45) is 3.42. The number of carbonyl (C=O) groups is 3. The molecule has 9 heteroatoms. The second-order valence-electron chi connectivity index (χ2n) is 8.31. The molecule has 1 aromatic carbocycles. The smallest absolute Gasteiger partial charge is 0.233 e. The minimum Gasteiger partial charge on any atom is -0.325 e. The van der Waals surface area contributed by atoms with E-state index in [2.05, 4.69) is 37.2 Å². The largest absolute Gasteiger partial charge is 0.325 e. The molecule has 3 aliphatic rings. The number of hydrogen-bond donors (Lipinski definition) is 1. The molecule has 0 radical (unpaired) electrons. The molecule has 2 aliphatic carbocycles. The summed E-state index contributed by atoms with van der Waals surface area (Å²) in [6, 6.07) is 4.92. The van der Waals surface area contributed by atoms with Gasteiger partial charge in [0, 0.05) is 27.6 Å². The number of benzene rings is 1. The number of nitrogens with zero attached hydrogens (tertiary/aromatic N) is 1. The summed E-state index contributed by atoms with van der Waals surface area (Å²) in [7, 11) is 0. The van der Waals surface area contributed by atoms with Crippen molar-refractivity contribution in [1.29, 1.82) is 0 Å². The molecule has 1 N–H and O–H groups in total. The first-order valence-corrected chi connectivity index (χ1v) is 12.8. The van der Waals surface area contributed by atoms with Crippen LogP contribution in [0.4, 0.5) is 5.69 Å². The maximum Gasteiger partial charge on any atom is 0.233 e. The number of anilines is 1. The minimum absolute atomic E-state index is 0.00492. The van der Waals surface area contributed by atoms with Gasteiger partial charge in [0.15, 0.2) is 0 Å². The van der Waals surface area contributed by atoms with E-state index in [-0.39, 0.29) is 51.0 Å². The predicted octanol–water partition coefficient (Wildman–Crippen LogP) is 5.27. The topological polar surface area (TPSA) is 66.5 Å². The van der Waals surface area contributed by atoms with Crippen molar-refractivity contribution in [1.82, 2.24) is 4.90 Å². The molecular weight excluding hydrogens is 559 g/mol. The SMILES string of the molecule is O=C(CCCCCN1C(=O)[C@@H]2[C@@H]3C[C@@H]([C@@H](Br)[C@@H]3Br)[C@@H]2C1=O)Nc1cc(Cl)ccc1Cl. The van der Waals surface area contributed by atoms with Crippen LogP contribution in [-0.2, 0) is 14.4 Å². The average molecular weight is 581 g/mol. The van der Waals surface area contributed by atoms with Crippen molar-refractivity contribution in [3.05, 3.63) is 28.2 Å². The molecule has 1 heterocycles. The molecule has 4 rings (SSSR count). The van der Waals surface area contributed by atoms with E-state index in [0.717, 1.165) is 12.8 Å².